The molecule has 1 N–H and O–H groups in total. The van der Waals surface area contributed by atoms with Gasteiger partial charge in [-0.25, -0.2) is 8.42 Å². The second kappa shape index (κ2) is 10.2. The third-order valence-electron chi connectivity index (χ3n) is 5.40. The van der Waals surface area contributed by atoms with Crippen molar-refractivity contribution in [2.45, 2.75) is 44.6 Å². The highest BCUT2D eigenvalue weighted by atomic mass is 32.2. The Morgan fingerprint density at radius 3 is 2.47 bits per heavy atom. The van der Waals surface area contributed by atoms with Gasteiger partial charge in [-0.3, -0.25) is 4.79 Å². The number of carbonyl (C=O) groups excluding carboxylic acids is 1. The van der Waals surface area contributed by atoms with Gasteiger partial charge in [-0.2, -0.15) is 4.31 Å². The summed E-state index contributed by atoms with van der Waals surface area (Å²) in [5.74, 6) is -0.0392. The van der Waals surface area contributed by atoms with E-state index in [1.165, 1.54) is 4.31 Å². The van der Waals surface area contributed by atoms with E-state index in [1.54, 1.807) is 24.0 Å². The number of amides is 1. The van der Waals surface area contributed by atoms with Crippen molar-refractivity contribution in [2.75, 3.05) is 31.1 Å². The lowest BCUT2D eigenvalue weighted by Crippen LogP contribution is -2.38. The maximum atomic E-state index is 13.3. The molecule has 0 unspecified atom stereocenters. The van der Waals surface area contributed by atoms with E-state index >= 15 is 0 Å². The van der Waals surface area contributed by atoms with Crippen LogP contribution in [0.5, 0.6) is 0 Å². The van der Waals surface area contributed by atoms with Crippen LogP contribution in [0.15, 0.2) is 53.4 Å². The van der Waals surface area contributed by atoms with Gasteiger partial charge < -0.3 is 10.2 Å². The summed E-state index contributed by atoms with van der Waals surface area (Å²) in [5.41, 5.74) is 3.07. The number of nitrogens with zero attached hydrogens (tertiary/aromatic N) is 2. The highest BCUT2D eigenvalue weighted by Gasteiger charge is 2.25. The van der Waals surface area contributed by atoms with E-state index in [0.29, 0.717) is 44.0 Å². The molecule has 3 rings (SSSR count). The van der Waals surface area contributed by atoms with E-state index in [0.717, 1.165) is 29.7 Å². The quantitative estimate of drug-likeness (QED) is 0.811. The number of hydrogen-bond donors (Lipinski definition) is 1. The molecule has 0 saturated heterocycles. The first-order chi connectivity index (χ1) is 14.4. The summed E-state index contributed by atoms with van der Waals surface area (Å²) < 4.78 is 28.0. The lowest BCUT2D eigenvalue weighted by Gasteiger charge is -2.25. The summed E-state index contributed by atoms with van der Waals surface area (Å²) in [6.45, 7) is 6.02. The molecule has 1 amide bonds. The van der Waals surface area contributed by atoms with E-state index in [2.05, 4.69) is 12.2 Å². The number of benzene rings is 2. The molecule has 30 heavy (non-hydrogen) atoms. The number of para-hydroxylation sites is 1. The van der Waals surface area contributed by atoms with Crippen molar-refractivity contribution < 1.29 is 13.2 Å². The lowest BCUT2D eigenvalue weighted by atomic mass is 10.1. The fraction of sp³-hybridized carbons (Fsp3) is 0.435. The van der Waals surface area contributed by atoms with Crippen LogP contribution in [0, 0.1) is 0 Å². The Morgan fingerprint density at radius 1 is 1.03 bits per heavy atom. The Kier molecular flexibility index (Phi) is 7.64. The Balaban J connectivity index is 1.81. The second-order valence-corrected chi connectivity index (χ2v) is 9.57. The van der Waals surface area contributed by atoms with Gasteiger partial charge in [0.05, 0.1) is 4.90 Å². The molecule has 0 aromatic heterocycles. The molecular weight excluding hydrogens is 398 g/mol. The number of hydrogen-bond acceptors (Lipinski definition) is 4. The first-order valence-electron chi connectivity index (χ1n) is 10.6. The molecule has 162 valence electrons. The number of nitrogens with one attached hydrogen (secondary N) is 1. The van der Waals surface area contributed by atoms with Gasteiger partial charge in [0.25, 0.3) is 0 Å². The zero-order valence-electron chi connectivity index (χ0n) is 17.8. The van der Waals surface area contributed by atoms with Crippen LogP contribution < -0.4 is 10.2 Å². The number of carbonyl (C=O) groups is 1. The molecule has 1 aliphatic heterocycles. The Hall–Kier alpha value is -2.22. The van der Waals surface area contributed by atoms with Crippen LogP contribution in [0.4, 0.5) is 5.69 Å². The normalized spacial score (nSPS) is 16.5. The molecule has 2 aromatic rings. The van der Waals surface area contributed by atoms with Gasteiger partial charge in [0.15, 0.2) is 0 Å². The molecule has 1 aliphatic rings. The number of sulfonamides is 1. The molecule has 0 aliphatic carbocycles. The zero-order chi connectivity index (χ0) is 21.6. The molecule has 1 heterocycles. The Morgan fingerprint density at radius 2 is 1.77 bits per heavy atom. The van der Waals surface area contributed by atoms with Gasteiger partial charge in [-0.1, -0.05) is 43.7 Å². The molecule has 0 fully saturated rings. The first-order valence-corrected chi connectivity index (χ1v) is 12.0. The third-order valence-corrected chi connectivity index (χ3v) is 7.32. The highest BCUT2D eigenvalue weighted by molar-refractivity contribution is 7.89. The minimum atomic E-state index is -3.59. The minimum Gasteiger partial charge on any atom is -0.312 e. The SMILES string of the molecule is CCCc1ccc(S(=O)(=O)N2CCCN(C(C)=O)c3ccccc3CNCC2)cc1. The highest BCUT2D eigenvalue weighted by Crippen LogP contribution is 2.23. The molecule has 6 nitrogen and oxygen atoms in total. The molecular formula is C23H31N3O3S. The summed E-state index contributed by atoms with van der Waals surface area (Å²) in [4.78, 5) is 14.3. The number of anilines is 1. The number of fused-ring (bicyclic) bond motifs is 1. The predicted molar refractivity (Wildman–Crippen MR) is 120 cm³/mol. The van der Waals surface area contributed by atoms with Crippen molar-refractivity contribution in [3.8, 4) is 0 Å². The Labute approximate surface area is 179 Å². The first kappa shape index (κ1) is 22.5. The van der Waals surface area contributed by atoms with Crippen LogP contribution in [0.3, 0.4) is 0 Å². The van der Waals surface area contributed by atoms with Crippen molar-refractivity contribution in [3.63, 3.8) is 0 Å². The topological polar surface area (TPSA) is 69.7 Å². The minimum absolute atomic E-state index is 0.0392. The largest absolute Gasteiger partial charge is 0.312 e. The smallest absolute Gasteiger partial charge is 0.243 e. The average Bonchev–Trinajstić information content (AvgIpc) is 2.77. The Bertz CT molecular complexity index is 958. The zero-order valence-corrected chi connectivity index (χ0v) is 18.6. The van der Waals surface area contributed by atoms with Gasteiger partial charge in [-0.05, 0) is 42.2 Å². The van der Waals surface area contributed by atoms with Crippen LogP contribution in [-0.4, -0.2) is 44.8 Å². The van der Waals surface area contributed by atoms with Crippen LogP contribution in [-0.2, 0) is 27.8 Å². The van der Waals surface area contributed by atoms with E-state index in [-0.39, 0.29) is 5.91 Å². The molecule has 0 atom stereocenters. The number of aryl methyl sites for hydroxylation is 1. The molecule has 0 spiro atoms. The summed E-state index contributed by atoms with van der Waals surface area (Å²) in [7, 11) is -3.59. The summed E-state index contributed by atoms with van der Waals surface area (Å²) in [5, 5.41) is 3.33. The average molecular weight is 430 g/mol. The van der Waals surface area contributed by atoms with E-state index < -0.39 is 10.0 Å². The van der Waals surface area contributed by atoms with Gasteiger partial charge in [0, 0.05) is 45.3 Å². The summed E-state index contributed by atoms with van der Waals surface area (Å²) >= 11 is 0. The van der Waals surface area contributed by atoms with Crippen molar-refractivity contribution in [1.29, 1.82) is 0 Å². The van der Waals surface area contributed by atoms with Crippen LogP contribution >= 0.6 is 0 Å². The maximum absolute atomic E-state index is 13.3. The fourth-order valence-electron chi connectivity index (χ4n) is 3.82. The molecule has 2 aromatic carbocycles. The standard InChI is InChI=1S/C23H31N3O3S/c1-3-7-20-10-12-22(13-11-20)30(28,29)25-15-6-16-26(19(2)27)23-9-5-4-8-21(23)18-24-14-17-25/h4-5,8-13,24H,3,6-7,14-18H2,1-2H3. The van der Waals surface area contributed by atoms with Crippen molar-refractivity contribution in [1.82, 2.24) is 9.62 Å². The lowest BCUT2D eigenvalue weighted by molar-refractivity contribution is -0.116. The predicted octanol–water partition coefficient (Wildman–Crippen LogP) is 3.18. The van der Waals surface area contributed by atoms with Crippen LogP contribution in [0.25, 0.3) is 0 Å². The molecule has 7 heteroatoms. The monoisotopic (exact) mass is 429 g/mol. The van der Waals surface area contributed by atoms with Crippen molar-refractivity contribution >= 4 is 21.6 Å². The molecule has 0 saturated carbocycles. The van der Waals surface area contributed by atoms with Gasteiger partial charge in [0.1, 0.15) is 0 Å². The fourth-order valence-corrected chi connectivity index (χ4v) is 5.30. The third kappa shape index (κ3) is 5.28. The van der Waals surface area contributed by atoms with Gasteiger partial charge in [-0.15, -0.1) is 0 Å². The number of rotatable bonds is 4. The molecule has 0 bridgehead atoms. The van der Waals surface area contributed by atoms with E-state index in [9.17, 15) is 13.2 Å². The van der Waals surface area contributed by atoms with Crippen molar-refractivity contribution in [3.05, 3.63) is 59.7 Å². The van der Waals surface area contributed by atoms with Gasteiger partial charge >= 0.3 is 0 Å². The summed E-state index contributed by atoms with van der Waals surface area (Å²) in [6.07, 6.45) is 2.54. The van der Waals surface area contributed by atoms with Crippen LogP contribution in [0.1, 0.15) is 37.8 Å². The summed E-state index contributed by atoms with van der Waals surface area (Å²) in [6, 6.07) is 15.0. The maximum Gasteiger partial charge on any atom is 0.243 e. The molecule has 0 radical (unpaired) electrons. The van der Waals surface area contributed by atoms with Gasteiger partial charge in [0.2, 0.25) is 15.9 Å². The van der Waals surface area contributed by atoms with Crippen LogP contribution in [0.2, 0.25) is 0 Å². The van der Waals surface area contributed by atoms with E-state index in [1.807, 2.05) is 36.4 Å². The second-order valence-electron chi connectivity index (χ2n) is 7.63. The van der Waals surface area contributed by atoms with E-state index in [4.69, 9.17) is 0 Å². The van der Waals surface area contributed by atoms with Crippen molar-refractivity contribution in [2.24, 2.45) is 0 Å².